The topological polar surface area (TPSA) is 85.4 Å². The van der Waals surface area contributed by atoms with Crippen LogP contribution in [-0.4, -0.2) is 58.0 Å². The van der Waals surface area contributed by atoms with Crippen LogP contribution in [0.25, 0.3) is 0 Å². The number of benzene rings is 1. The van der Waals surface area contributed by atoms with Crippen LogP contribution in [0.3, 0.4) is 0 Å². The summed E-state index contributed by atoms with van der Waals surface area (Å²) in [5.74, 6) is -0.311. The Hall–Kier alpha value is -1.91. The van der Waals surface area contributed by atoms with Gasteiger partial charge in [-0.25, -0.2) is 8.98 Å². The summed E-state index contributed by atoms with van der Waals surface area (Å²) in [7, 11) is -2.25. The van der Waals surface area contributed by atoms with E-state index in [9.17, 15) is 17.7 Å². The fourth-order valence-corrected chi connectivity index (χ4v) is 3.26. The Morgan fingerprint density at radius 3 is 2.48 bits per heavy atom. The molecule has 0 radical (unpaired) electrons. The van der Waals surface area contributed by atoms with Gasteiger partial charge in [0.05, 0.1) is 11.9 Å². The number of hydrogen-bond acceptors (Lipinski definition) is 7. The zero-order valence-corrected chi connectivity index (χ0v) is 14.6. The first kappa shape index (κ1) is 17.9. The van der Waals surface area contributed by atoms with E-state index in [0.717, 1.165) is 18.8 Å². The maximum absolute atomic E-state index is 14.1. The summed E-state index contributed by atoms with van der Waals surface area (Å²) >= 11 is 0. The minimum Gasteiger partial charge on any atom is -0.414 e. The van der Waals surface area contributed by atoms with Crippen molar-refractivity contribution in [3.05, 3.63) is 29.8 Å². The first-order chi connectivity index (χ1) is 11.8. The average molecular weight is 374 g/mol. The summed E-state index contributed by atoms with van der Waals surface area (Å²) in [5, 5.41) is -0.157. The Balaban J connectivity index is 1.77. The molecule has 2 saturated heterocycles. The van der Waals surface area contributed by atoms with Crippen LogP contribution in [0.5, 0.6) is 0 Å². The van der Waals surface area contributed by atoms with Crippen molar-refractivity contribution < 1.29 is 31.4 Å². The molecule has 0 aromatic heterocycles. The minimum atomic E-state index is -3.91. The molecule has 2 heterocycles. The van der Waals surface area contributed by atoms with Crippen molar-refractivity contribution in [2.75, 3.05) is 30.9 Å². The third-order valence-corrected chi connectivity index (χ3v) is 5.46. The first-order valence-electron chi connectivity index (χ1n) is 7.79. The van der Waals surface area contributed by atoms with Crippen molar-refractivity contribution in [2.24, 2.45) is 0 Å². The lowest BCUT2D eigenvalue weighted by atomic mass is 10.0. The molecular weight excluding hydrogens is 355 g/mol. The predicted molar refractivity (Wildman–Crippen MR) is 86.0 cm³/mol. The van der Waals surface area contributed by atoms with Crippen LogP contribution in [-0.2, 0) is 23.8 Å². The van der Waals surface area contributed by atoms with E-state index in [-0.39, 0.29) is 17.0 Å². The fraction of sp³-hybridized carbons (Fsp3) is 0.533. The molecule has 2 unspecified atom stereocenters. The van der Waals surface area contributed by atoms with Crippen molar-refractivity contribution in [3.8, 4) is 0 Å². The number of methoxy groups -OCH3 is 1. The second kappa shape index (κ2) is 6.77. The fourth-order valence-electron chi connectivity index (χ4n) is 2.69. The van der Waals surface area contributed by atoms with E-state index in [4.69, 9.17) is 13.7 Å². The summed E-state index contributed by atoms with van der Waals surface area (Å²) < 4.78 is 52.1. The van der Waals surface area contributed by atoms with E-state index < -0.39 is 28.5 Å². The van der Waals surface area contributed by atoms with Crippen LogP contribution in [0.2, 0.25) is 0 Å². The average Bonchev–Trinajstić information content (AvgIpc) is 2.81. The number of carbonyl (C=O) groups is 1. The Kier molecular flexibility index (Phi) is 4.85. The zero-order chi connectivity index (χ0) is 18.2. The Morgan fingerprint density at radius 2 is 1.92 bits per heavy atom. The molecule has 0 aliphatic carbocycles. The van der Waals surface area contributed by atoms with E-state index >= 15 is 0 Å². The van der Waals surface area contributed by atoms with Gasteiger partial charge in [0, 0.05) is 25.9 Å². The Bertz CT molecular complexity index is 735. The van der Waals surface area contributed by atoms with Gasteiger partial charge < -0.3 is 14.4 Å². The molecule has 2 aliphatic heterocycles. The van der Waals surface area contributed by atoms with Crippen molar-refractivity contribution >= 4 is 21.9 Å². The van der Waals surface area contributed by atoms with Crippen molar-refractivity contribution in [1.82, 2.24) is 5.12 Å². The molecule has 1 aromatic rings. The molecule has 2 atom stereocenters. The lowest BCUT2D eigenvalue weighted by Gasteiger charge is -2.40. The Labute approximate surface area is 145 Å². The lowest BCUT2D eigenvalue weighted by molar-refractivity contribution is -0.0262. The molecule has 0 saturated carbocycles. The molecule has 8 nitrogen and oxygen atoms in total. The number of halogens is 1. The highest BCUT2D eigenvalue weighted by Gasteiger charge is 2.47. The maximum Gasteiger partial charge on any atom is 0.441 e. The summed E-state index contributed by atoms with van der Waals surface area (Å²) in [4.78, 5) is 13.6. The second-order valence-electron chi connectivity index (χ2n) is 5.80. The molecule has 1 aromatic carbocycles. The number of rotatable bonds is 6. The van der Waals surface area contributed by atoms with E-state index in [1.54, 1.807) is 31.4 Å². The number of cyclic esters (lactones) is 1. The Morgan fingerprint density at radius 1 is 1.28 bits per heavy atom. The van der Waals surface area contributed by atoms with Gasteiger partial charge >= 0.3 is 6.09 Å². The van der Waals surface area contributed by atoms with E-state index in [1.165, 1.54) is 6.92 Å². The largest absolute Gasteiger partial charge is 0.441 e. The SMILES string of the molecule is CCS(=O)(=O)OC1OC(=O)N(F)C1c1ccc(N2CC(OC)C2)cc1. The van der Waals surface area contributed by atoms with Crippen LogP contribution in [0.15, 0.2) is 24.3 Å². The van der Waals surface area contributed by atoms with Crippen molar-refractivity contribution in [2.45, 2.75) is 25.4 Å². The normalized spacial score (nSPS) is 24.4. The quantitative estimate of drug-likeness (QED) is 0.552. The van der Waals surface area contributed by atoms with Crippen LogP contribution >= 0.6 is 0 Å². The van der Waals surface area contributed by atoms with E-state index in [0.29, 0.717) is 5.56 Å². The van der Waals surface area contributed by atoms with Gasteiger partial charge in [-0.15, -0.1) is 5.12 Å². The summed E-state index contributed by atoms with van der Waals surface area (Å²) in [6.45, 7) is 2.90. The molecule has 0 spiro atoms. The third-order valence-electron chi connectivity index (χ3n) is 4.27. The van der Waals surface area contributed by atoms with Gasteiger partial charge in [-0.1, -0.05) is 16.6 Å². The number of carbonyl (C=O) groups excluding carboxylic acids is 1. The van der Waals surface area contributed by atoms with Crippen LogP contribution in [0, 0.1) is 0 Å². The highest BCUT2D eigenvalue weighted by atomic mass is 32.2. The molecule has 0 bridgehead atoms. The smallest absolute Gasteiger partial charge is 0.414 e. The van der Waals surface area contributed by atoms with Crippen LogP contribution in [0.4, 0.5) is 15.0 Å². The monoisotopic (exact) mass is 374 g/mol. The molecular formula is C15H19FN2O6S. The molecule has 2 fully saturated rings. The maximum atomic E-state index is 14.1. The molecule has 25 heavy (non-hydrogen) atoms. The lowest BCUT2D eigenvalue weighted by Crippen LogP contribution is -2.51. The second-order valence-corrected chi connectivity index (χ2v) is 7.69. The number of anilines is 1. The van der Waals surface area contributed by atoms with Gasteiger partial charge in [0.2, 0.25) is 6.29 Å². The number of ether oxygens (including phenoxy) is 2. The van der Waals surface area contributed by atoms with Gasteiger partial charge in [0.1, 0.15) is 0 Å². The highest BCUT2D eigenvalue weighted by Crippen LogP contribution is 2.36. The van der Waals surface area contributed by atoms with Crippen LogP contribution < -0.4 is 4.90 Å². The third kappa shape index (κ3) is 3.55. The van der Waals surface area contributed by atoms with E-state index in [2.05, 4.69) is 4.90 Å². The summed E-state index contributed by atoms with van der Waals surface area (Å²) in [6, 6.07) is 5.48. The molecule has 138 valence electrons. The van der Waals surface area contributed by atoms with Gasteiger partial charge in [0.25, 0.3) is 10.1 Å². The number of hydrogen-bond donors (Lipinski definition) is 0. The first-order valence-corrected chi connectivity index (χ1v) is 9.36. The van der Waals surface area contributed by atoms with E-state index in [1.807, 2.05) is 0 Å². The predicted octanol–water partition coefficient (Wildman–Crippen LogP) is 1.59. The molecule has 0 N–H and O–H groups in total. The molecule has 2 aliphatic rings. The van der Waals surface area contributed by atoms with Gasteiger partial charge in [-0.05, 0) is 24.6 Å². The summed E-state index contributed by atoms with van der Waals surface area (Å²) in [6.07, 6.45) is -2.65. The van der Waals surface area contributed by atoms with Gasteiger partial charge in [0.15, 0.2) is 6.04 Å². The zero-order valence-electron chi connectivity index (χ0n) is 13.8. The molecule has 1 amide bonds. The van der Waals surface area contributed by atoms with Crippen molar-refractivity contribution in [3.63, 3.8) is 0 Å². The van der Waals surface area contributed by atoms with Crippen molar-refractivity contribution in [1.29, 1.82) is 0 Å². The summed E-state index contributed by atoms with van der Waals surface area (Å²) in [5.41, 5.74) is 1.29. The number of nitrogens with zero attached hydrogens (tertiary/aromatic N) is 2. The highest BCUT2D eigenvalue weighted by molar-refractivity contribution is 7.86. The van der Waals surface area contributed by atoms with Crippen LogP contribution in [0.1, 0.15) is 18.5 Å². The molecule has 10 heteroatoms. The van der Waals surface area contributed by atoms with Gasteiger partial charge in [-0.2, -0.15) is 8.42 Å². The van der Waals surface area contributed by atoms with Gasteiger partial charge in [-0.3, -0.25) is 0 Å². The number of amides is 1. The molecule has 3 rings (SSSR count). The minimum absolute atomic E-state index is 0.157. The standard InChI is InChI=1S/C15H19FN2O6S/c1-3-25(20,21)24-14-13(18(16)15(19)23-14)10-4-6-11(7-5-10)17-8-12(9-17)22-2/h4-7,12-14H,3,8-9H2,1-2H3.